The van der Waals surface area contributed by atoms with Crippen LogP contribution in [0.2, 0.25) is 0 Å². The first-order chi connectivity index (χ1) is 12.2. The molecule has 25 heavy (non-hydrogen) atoms. The molecule has 0 saturated carbocycles. The number of halogens is 1. The maximum Gasteiger partial charge on any atom is 0.337 e. The van der Waals surface area contributed by atoms with Crippen LogP contribution >= 0.6 is 0 Å². The average molecular weight is 338 g/mol. The molecule has 0 radical (unpaired) electrons. The Balaban J connectivity index is 1.67. The van der Waals surface area contributed by atoms with Crippen molar-refractivity contribution in [2.24, 2.45) is 5.16 Å². The Morgan fingerprint density at radius 1 is 1.24 bits per heavy atom. The van der Waals surface area contributed by atoms with Gasteiger partial charge >= 0.3 is 5.97 Å². The topological polar surface area (TPSA) is 60.8 Å². The van der Waals surface area contributed by atoms with Crippen LogP contribution in [-0.2, 0) is 16.2 Å². The van der Waals surface area contributed by atoms with Crippen LogP contribution in [0.25, 0.3) is 10.9 Å². The molecular formula is C19H15FN2O3. The Morgan fingerprint density at radius 3 is 2.80 bits per heavy atom. The summed E-state index contributed by atoms with van der Waals surface area (Å²) in [5.41, 5.74) is 2.52. The van der Waals surface area contributed by atoms with Gasteiger partial charge in [0.05, 0.1) is 24.4 Å². The Bertz CT molecular complexity index is 924. The van der Waals surface area contributed by atoms with Crippen LogP contribution in [0.1, 0.15) is 21.5 Å². The number of fused-ring (bicyclic) bond motifs is 1. The molecule has 0 aliphatic carbocycles. The van der Waals surface area contributed by atoms with E-state index in [-0.39, 0.29) is 12.4 Å². The fourth-order valence-electron chi connectivity index (χ4n) is 2.37. The first kappa shape index (κ1) is 16.6. The van der Waals surface area contributed by atoms with Crippen LogP contribution in [0.5, 0.6) is 0 Å². The van der Waals surface area contributed by atoms with Crippen molar-refractivity contribution in [2.45, 2.75) is 6.61 Å². The van der Waals surface area contributed by atoms with Gasteiger partial charge in [-0.1, -0.05) is 23.4 Å². The second-order valence-electron chi connectivity index (χ2n) is 5.26. The number of carbonyl (C=O) groups is 1. The molecule has 0 unspecified atom stereocenters. The maximum atomic E-state index is 13.6. The number of ether oxygens (including phenoxy) is 1. The van der Waals surface area contributed by atoms with Crippen LogP contribution in [-0.4, -0.2) is 24.3 Å². The third-order valence-corrected chi connectivity index (χ3v) is 3.58. The zero-order chi connectivity index (χ0) is 17.6. The fourth-order valence-corrected chi connectivity index (χ4v) is 2.37. The minimum absolute atomic E-state index is 0.0992. The lowest BCUT2D eigenvalue weighted by Gasteiger charge is -2.05. The first-order valence-corrected chi connectivity index (χ1v) is 7.54. The summed E-state index contributed by atoms with van der Waals surface area (Å²) in [4.78, 5) is 20.9. The summed E-state index contributed by atoms with van der Waals surface area (Å²) in [6.07, 6.45) is 3.16. The van der Waals surface area contributed by atoms with Crippen molar-refractivity contribution in [2.75, 3.05) is 7.11 Å². The van der Waals surface area contributed by atoms with Crippen LogP contribution in [0, 0.1) is 5.82 Å². The SMILES string of the molecule is COC(=O)c1ccc(/C=N/OCc2cc(F)cc3cccnc23)cc1. The minimum atomic E-state index is -0.398. The van der Waals surface area contributed by atoms with Crippen molar-refractivity contribution in [3.8, 4) is 0 Å². The van der Waals surface area contributed by atoms with Gasteiger partial charge in [0.15, 0.2) is 0 Å². The van der Waals surface area contributed by atoms with Gasteiger partial charge in [-0.15, -0.1) is 0 Å². The van der Waals surface area contributed by atoms with Gasteiger partial charge in [-0.05, 0) is 35.9 Å². The number of carbonyl (C=O) groups excluding carboxylic acids is 1. The molecule has 0 aliphatic heterocycles. The molecule has 0 aliphatic rings. The van der Waals surface area contributed by atoms with E-state index >= 15 is 0 Å². The predicted octanol–water partition coefficient (Wildman–Crippen LogP) is 3.71. The molecule has 6 heteroatoms. The standard InChI is InChI=1S/C19H15FN2O3/c1-24-19(23)14-6-4-13(5-7-14)11-22-25-12-16-10-17(20)9-15-3-2-8-21-18(15)16/h2-11H,12H2,1H3/b22-11+. The molecule has 5 nitrogen and oxygen atoms in total. The average Bonchev–Trinajstić information content (AvgIpc) is 2.64. The summed E-state index contributed by atoms with van der Waals surface area (Å²) in [5.74, 6) is -0.744. The van der Waals surface area contributed by atoms with Crippen molar-refractivity contribution < 1.29 is 18.8 Å². The molecule has 0 saturated heterocycles. The van der Waals surface area contributed by atoms with Crippen molar-refractivity contribution in [3.63, 3.8) is 0 Å². The quantitative estimate of drug-likeness (QED) is 0.404. The Morgan fingerprint density at radius 2 is 2.04 bits per heavy atom. The van der Waals surface area contributed by atoms with E-state index in [1.807, 2.05) is 0 Å². The lowest BCUT2D eigenvalue weighted by atomic mass is 10.1. The zero-order valence-corrected chi connectivity index (χ0v) is 13.5. The number of nitrogens with zero attached hydrogens (tertiary/aromatic N) is 2. The van der Waals surface area contributed by atoms with E-state index < -0.39 is 5.97 Å². The molecule has 0 bridgehead atoms. The molecule has 0 atom stereocenters. The summed E-state index contributed by atoms with van der Waals surface area (Å²) in [6, 6.07) is 13.1. The number of rotatable bonds is 5. The third kappa shape index (κ3) is 3.98. The van der Waals surface area contributed by atoms with Gasteiger partial charge in [0.2, 0.25) is 0 Å². The Hall–Kier alpha value is -3.28. The maximum absolute atomic E-state index is 13.6. The fraction of sp³-hybridized carbons (Fsp3) is 0.105. The third-order valence-electron chi connectivity index (χ3n) is 3.58. The zero-order valence-electron chi connectivity index (χ0n) is 13.5. The van der Waals surface area contributed by atoms with E-state index in [1.54, 1.807) is 42.6 Å². The van der Waals surface area contributed by atoms with E-state index in [2.05, 4.69) is 14.9 Å². The lowest BCUT2D eigenvalue weighted by Crippen LogP contribution is -2.00. The summed E-state index contributed by atoms with van der Waals surface area (Å²) in [5, 5.41) is 4.59. The lowest BCUT2D eigenvalue weighted by molar-refractivity contribution is 0.0600. The highest BCUT2D eigenvalue weighted by Gasteiger charge is 2.06. The molecule has 0 fully saturated rings. The monoisotopic (exact) mass is 338 g/mol. The highest BCUT2D eigenvalue weighted by Crippen LogP contribution is 2.19. The van der Waals surface area contributed by atoms with E-state index in [9.17, 15) is 9.18 Å². The molecule has 1 heterocycles. The van der Waals surface area contributed by atoms with Gasteiger partial charge in [-0.25, -0.2) is 9.18 Å². The van der Waals surface area contributed by atoms with E-state index in [4.69, 9.17) is 4.84 Å². The molecule has 3 aromatic rings. The van der Waals surface area contributed by atoms with Gasteiger partial charge in [0.25, 0.3) is 0 Å². The van der Waals surface area contributed by atoms with Gasteiger partial charge in [0, 0.05) is 17.1 Å². The summed E-state index contributed by atoms with van der Waals surface area (Å²) < 4.78 is 18.3. The first-order valence-electron chi connectivity index (χ1n) is 7.54. The number of aromatic nitrogens is 1. The molecule has 0 amide bonds. The van der Waals surface area contributed by atoms with Crippen molar-refractivity contribution in [3.05, 3.63) is 77.2 Å². The number of pyridine rings is 1. The summed E-state index contributed by atoms with van der Waals surface area (Å²) in [7, 11) is 1.33. The van der Waals surface area contributed by atoms with Gasteiger partial charge in [-0.3, -0.25) is 4.98 Å². The number of methoxy groups -OCH3 is 1. The van der Waals surface area contributed by atoms with Crippen LogP contribution < -0.4 is 0 Å². The van der Waals surface area contributed by atoms with Crippen LogP contribution in [0.15, 0.2) is 59.9 Å². The molecule has 126 valence electrons. The highest BCUT2D eigenvalue weighted by atomic mass is 19.1. The Labute approximate surface area is 143 Å². The smallest absolute Gasteiger partial charge is 0.337 e. The summed E-state index contributed by atoms with van der Waals surface area (Å²) in [6.45, 7) is 0.0992. The summed E-state index contributed by atoms with van der Waals surface area (Å²) >= 11 is 0. The van der Waals surface area contributed by atoms with Gasteiger partial charge in [0.1, 0.15) is 12.4 Å². The van der Waals surface area contributed by atoms with E-state index in [0.29, 0.717) is 22.0 Å². The number of hydrogen-bond acceptors (Lipinski definition) is 5. The molecule has 3 rings (SSSR count). The Kier molecular flexibility index (Phi) is 4.99. The highest BCUT2D eigenvalue weighted by molar-refractivity contribution is 5.90. The number of esters is 1. The van der Waals surface area contributed by atoms with E-state index in [0.717, 1.165) is 5.56 Å². The molecule has 0 N–H and O–H groups in total. The molecule has 2 aromatic carbocycles. The van der Waals surface area contributed by atoms with Crippen molar-refractivity contribution in [1.82, 2.24) is 4.98 Å². The minimum Gasteiger partial charge on any atom is -0.465 e. The number of benzene rings is 2. The van der Waals surface area contributed by atoms with Gasteiger partial charge < -0.3 is 9.57 Å². The molecular weight excluding hydrogens is 323 g/mol. The number of hydrogen-bond donors (Lipinski definition) is 0. The van der Waals surface area contributed by atoms with E-state index in [1.165, 1.54) is 25.5 Å². The molecule has 0 spiro atoms. The number of oxime groups is 1. The van der Waals surface area contributed by atoms with Crippen LogP contribution in [0.4, 0.5) is 4.39 Å². The normalized spacial score (nSPS) is 11.0. The van der Waals surface area contributed by atoms with Crippen LogP contribution in [0.3, 0.4) is 0 Å². The second-order valence-corrected chi connectivity index (χ2v) is 5.26. The predicted molar refractivity (Wildman–Crippen MR) is 91.9 cm³/mol. The largest absolute Gasteiger partial charge is 0.465 e. The van der Waals surface area contributed by atoms with Gasteiger partial charge in [-0.2, -0.15) is 0 Å². The second kappa shape index (κ2) is 7.53. The molecule has 1 aromatic heterocycles. The van der Waals surface area contributed by atoms with Crippen molar-refractivity contribution in [1.29, 1.82) is 0 Å². The van der Waals surface area contributed by atoms with Crippen molar-refractivity contribution >= 4 is 23.1 Å².